The molecule has 5 heteroatoms. The van der Waals surface area contributed by atoms with Crippen LogP contribution < -0.4 is 5.32 Å². The molecule has 0 saturated heterocycles. The lowest BCUT2D eigenvalue weighted by molar-refractivity contribution is 0.0903. The van der Waals surface area contributed by atoms with Crippen LogP contribution >= 0.6 is 0 Å². The van der Waals surface area contributed by atoms with E-state index >= 15 is 0 Å². The third-order valence-electron chi connectivity index (χ3n) is 5.31. The maximum atomic E-state index is 12.7. The van der Waals surface area contributed by atoms with Gasteiger partial charge in [-0.25, -0.2) is 0 Å². The number of carbonyl (C=O) groups is 1. The fourth-order valence-corrected chi connectivity index (χ4v) is 4.93. The highest BCUT2D eigenvalue weighted by Gasteiger charge is 2.23. The zero-order valence-electron chi connectivity index (χ0n) is 16.5. The Morgan fingerprint density at radius 1 is 1.07 bits per heavy atom. The lowest BCUT2D eigenvalue weighted by Gasteiger charge is -2.25. The molecule has 4 nitrogen and oxygen atoms in total. The number of furan rings is 1. The molecule has 0 bridgehead atoms. The van der Waals surface area contributed by atoms with Crippen LogP contribution in [0.5, 0.6) is 0 Å². The fourth-order valence-electron chi connectivity index (χ4n) is 3.79. The van der Waals surface area contributed by atoms with Crippen LogP contribution in [0.25, 0.3) is 0 Å². The van der Waals surface area contributed by atoms with Gasteiger partial charge >= 0.3 is 0 Å². The number of nitrogens with one attached hydrogen (secondary N) is 1. The molecule has 0 unspecified atom stereocenters. The Kier molecular flexibility index (Phi) is 5.95. The summed E-state index contributed by atoms with van der Waals surface area (Å²) in [6, 6.07) is 19.7. The number of benzene rings is 2. The van der Waals surface area contributed by atoms with E-state index in [1.54, 1.807) is 12.1 Å². The first-order valence-corrected chi connectivity index (χ1v) is 11.5. The standard InChI is InChI=1S/C24H25NO3S/c1-17-9-11-18(12-10-17)15-29(27)16-20-13-14-23(28-20)24(26)25-22-8-4-6-19-5-2-3-7-21(19)22/h2-3,5,7,9-14,22H,4,6,8,15-16H2,1H3,(H,25,26)/t22-,29-/m0/s1. The quantitative estimate of drug-likeness (QED) is 0.636. The molecule has 2 aromatic carbocycles. The Bertz CT molecular complexity index is 1020. The number of amides is 1. The predicted octanol–water partition coefficient (Wildman–Crippen LogP) is 4.84. The molecule has 0 spiro atoms. The van der Waals surface area contributed by atoms with Gasteiger partial charge in [0.1, 0.15) is 5.76 Å². The Balaban J connectivity index is 1.37. The van der Waals surface area contributed by atoms with Crippen molar-refractivity contribution < 1.29 is 13.4 Å². The lowest BCUT2D eigenvalue weighted by atomic mass is 9.88. The van der Waals surface area contributed by atoms with Crippen LogP contribution in [0.4, 0.5) is 0 Å². The van der Waals surface area contributed by atoms with Crippen molar-refractivity contribution in [3.05, 3.63) is 94.4 Å². The third-order valence-corrected chi connectivity index (χ3v) is 6.57. The summed E-state index contributed by atoms with van der Waals surface area (Å²) in [6.07, 6.45) is 3.04. The summed E-state index contributed by atoms with van der Waals surface area (Å²) in [7, 11) is -1.09. The minimum atomic E-state index is -1.09. The van der Waals surface area contributed by atoms with E-state index in [9.17, 15) is 9.00 Å². The molecule has 150 valence electrons. The minimum Gasteiger partial charge on any atom is -0.455 e. The van der Waals surface area contributed by atoms with E-state index in [-0.39, 0.29) is 17.7 Å². The average Bonchev–Trinajstić information content (AvgIpc) is 3.18. The molecule has 3 aromatic rings. The molecule has 0 fully saturated rings. The van der Waals surface area contributed by atoms with Crippen molar-refractivity contribution in [2.75, 3.05) is 0 Å². The Labute approximate surface area is 173 Å². The highest BCUT2D eigenvalue weighted by molar-refractivity contribution is 7.83. The van der Waals surface area contributed by atoms with Gasteiger partial charge in [0.15, 0.2) is 5.76 Å². The first kappa shape index (κ1) is 19.6. The van der Waals surface area contributed by atoms with Gasteiger partial charge in [0.2, 0.25) is 0 Å². The summed E-state index contributed by atoms with van der Waals surface area (Å²) in [6.45, 7) is 2.03. The van der Waals surface area contributed by atoms with E-state index in [4.69, 9.17) is 4.42 Å². The van der Waals surface area contributed by atoms with Crippen molar-refractivity contribution in [3.63, 3.8) is 0 Å². The summed E-state index contributed by atoms with van der Waals surface area (Å²) < 4.78 is 18.1. The number of hydrogen-bond acceptors (Lipinski definition) is 3. The van der Waals surface area contributed by atoms with Gasteiger partial charge in [0.25, 0.3) is 5.91 Å². The van der Waals surface area contributed by atoms with E-state index in [0.717, 1.165) is 24.8 Å². The highest BCUT2D eigenvalue weighted by atomic mass is 32.2. The van der Waals surface area contributed by atoms with Crippen LogP contribution in [0.1, 0.15) is 57.5 Å². The SMILES string of the molecule is Cc1ccc(C[S@](=O)Cc2ccc(C(=O)N[C@H]3CCCc4ccccc43)o2)cc1. The molecule has 2 atom stereocenters. The first-order valence-electron chi connectivity index (χ1n) is 9.96. The van der Waals surface area contributed by atoms with Gasteiger partial charge in [-0.05, 0) is 55.0 Å². The monoisotopic (exact) mass is 407 g/mol. The first-order chi connectivity index (χ1) is 14.1. The van der Waals surface area contributed by atoms with Crippen molar-refractivity contribution in [2.24, 2.45) is 0 Å². The van der Waals surface area contributed by atoms with Gasteiger partial charge in [-0.1, -0.05) is 54.1 Å². The van der Waals surface area contributed by atoms with Gasteiger partial charge in [-0.15, -0.1) is 0 Å². The van der Waals surface area contributed by atoms with Gasteiger partial charge in [-0.3, -0.25) is 9.00 Å². The molecule has 29 heavy (non-hydrogen) atoms. The fraction of sp³-hybridized carbons (Fsp3) is 0.292. The summed E-state index contributed by atoms with van der Waals surface area (Å²) >= 11 is 0. The second-order valence-electron chi connectivity index (χ2n) is 7.60. The Morgan fingerprint density at radius 3 is 2.69 bits per heavy atom. The van der Waals surface area contributed by atoms with E-state index in [1.807, 2.05) is 43.3 Å². The van der Waals surface area contributed by atoms with Crippen LogP contribution in [0.3, 0.4) is 0 Å². The molecular formula is C24H25NO3S. The van der Waals surface area contributed by atoms with Gasteiger partial charge < -0.3 is 9.73 Å². The molecular weight excluding hydrogens is 382 g/mol. The number of fused-ring (bicyclic) bond motifs is 1. The zero-order valence-corrected chi connectivity index (χ0v) is 17.3. The average molecular weight is 408 g/mol. The van der Waals surface area contributed by atoms with Gasteiger partial charge in [0.05, 0.1) is 11.8 Å². The third kappa shape index (κ3) is 4.85. The molecule has 0 saturated carbocycles. The molecule has 1 amide bonds. The summed E-state index contributed by atoms with van der Waals surface area (Å²) in [5, 5.41) is 3.09. The molecule has 1 aliphatic carbocycles. The van der Waals surface area contributed by atoms with Crippen LogP contribution in [0.2, 0.25) is 0 Å². The number of hydrogen-bond donors (Lipinski definition) is 1. The topological polar surface area (TPSA) is 59.3 Å². The van der Waals surface area contributed by atoms with Crippen LogP contribution in [-0.2, 0) is 28.7 Å². The summed E-state index contributed by atoms with van der Waals surface area (Å²) in [4.78, 5) is 12.7. The van der Waals surface area contributed by atoms with E-state index in [2.05, 4.69) is 17.4 Å². The Morgan fingerprint density at radius 2 is 1.86 bits per heavy atom. The predicted molar refractivity (Wildman–Crippen MR) is 115 cm³/mol. The highest BCUT2D eigenvalue weighted by Crippen LogP contribution is 2.29. The molecule has 1 aliphatic rings. The Hall–Kier alpha value is -2.66. The van der Waals surface area contributed by atoms with Crippen molar-refractivity contribution in [1.29, 1.82) is 0 Å². The van der Waals surface area contributed by atoms with Crippen LogP contribution in [0, 0.1) is 6.92 Å². The minimum absolute atomic E-state index is 0.0108. The zero-order chi connectivity index (χ0) is 20.2. The van der Waals surface area contributed by atoms with Gasteiger partial charge in [0, 0.05) is 16.6 Å². The maximum absolute atomic E-state index is 12.7. The summed E-state index contributed by atoms with van der Waals surface area (Å²) in [5.74, 6) is 1.40. The van der Waals surface area contributed by atoms with Gasteiger partial charge in [-0.2, -0.15) is 0 Å². The number of aryl methyl sites for hydroxylation is 2. The number of carbonyl (C=O) groups excluding carboxylic acids is 1. The summed E-state index contributed by atoms with van der Waals surface area (Å²) in [5.41, 5.74) is 4.71. The van der Waals surface area contributed by atoms with E-state index < -0.39 is 10.8 Å². The smallest absolute Gasteiger partial charge is 0.287 e. The van der Waals surface area contributed by atoms with Crippen molar-refractivity contribution in [3.8, 4) is 0 Å². The van der Waals surface area contributed by atoms with E-state index in [1.165, 1.54) is 16.7 Å². The molecule has 0 radical (unpaired) electrons. The lowest BCUT2D eigenvalue weighted by Crippen LogP contribution is -2.30. The second kappa shape index (κ2) is 8.78. The largest absolute Gasteiger partial charge is 0.455 e. The van der Waals surface area contributed by atoms with E-state index in [0.29, 0.717) is 17.3 Å². The molecule has 1 heterocycles. The second-order valence-corrected chi connectivity index (χ2v) is 9.05. The maximum Gasteiger partial charge on any atom is 0.287 e. The van der Waals surface area contributed by atoms with Crippen molar-refractivity contribution >= 4 is 16.7 Å². The van der Waals surface area contributed by atoms with Crippen molar-refractivity contribution in [2.45, 2.75) is 43.7 Å². The van der Waals surface area contributed by atoms with Crippen LogP contribution in [0.15, 0.2) is 65.1 Å². The molecule has 4 rings (SSSR count). The van der Waals surface area contributed by atoms with Crippen molar-refractivity contribution in [1.82, 2.24) is 5.32 Å². The van der Waals surface area contributed by atoms with Crippen LogP contribution in [-0.4, -0.2) is 10.1 Å². The normalized spacial score (nSPS) is 16.8. The molecule has 1 aromatic heterocycles. The molecule has 0 aliphatic heterocycles. The molecule has 1 N–H and O–H groups in total. The number of rotatable bonds is 6.